The molecule has 5 heteroatoms. The van der Waals surface area contributed by atoms with E-state index in [4.69, 9.17) is 0 Å². The van der Waals surface area contributed by atoms with E-state index in [1.54, 1.807) is 24.3 Å². The van der Waals surface area contributed by atoms with E-state index in [1.807, 2.05) is 72.8 Å². The summed E-state index contributed by atoms with van der Waals surface area (Å²) in [6.45, 7) is 0. The summed E-state index contributed by atoms with van der Waals surface area (Å²) in [7, 11) is -3.57. The summed E-state index contributed by atoms with van der Waals surface area (Å²) in [6, 6.07) is 29.8. The summed E-state index contributed by atoms with van der Waals surface area (Å²) in [4.78, 5) is 0.574. The lowest BCUT2D eigenvalue weighted by atomic mass is 10.1. The van der Waals surface area contributed by atoms with Crippen molar-refractivity contribution in [3.05, 3.63) is 106 Å². The Morgan fingerprint density at radius 1 is 0.414 bits per heavy atom. The third-order valence-corrected chi connectivity index (χ3v) is 7.53. The second kappa shape index (κ2) is 8.27. The topological polar surface area (TPSA) is 34.1 Å². The third kappa shape index (κ3) is 4.37. The quantitative estimate of drug-likeness (QED) is 0.277. The average Bonchev–Trinajstić information content (AvgIpc) is 2.75. The number of rotatable bonds is 4. The largest absolute Gasteiger partial charge is 0.219 e. The van der Waals surface area contributed by atoms with Gasteiger partial charge in [0.05, 0.1) is 9.79 Å². The molecule has 0 unspecified atom stereocenters. The Kier molecular flexibility index (Phi) is 5.72. The predicted octanol–water partition coefficient (Wildman–Crippen LogP) is 7.38. The minimum Gasteiger partial charge on any atom is -0.219 e. The van der Waals surface area contributed by atoms with Crippen LogP contribution in [0.2, 0.25) is 0 Å². The maximum absolute atomic E-state index is 13.0. The SMILES string of the molecule is O=S(=O)(c1ccc(-c2ccc(Br)cc2)cc1)c1ccc(-c2ccc(Br)cc2)cc1. The zero-order valence-corrected chi connectivity index (χ0v) is 19.2. The highest BCUT2D eigenvalue weighted by Gasteiger charge is 2.17. The standard InChI is InChI=1S/C24H16Br2O2S/c25-21-9-1-17(2-10-21)19-5-13-23(14-6-19)29(27,28)24-15-7-20(8-16-24)18-3-11-22(26)12-4-18/h1-16H. The van der Waals surface area contributed by atoms with Gasteiger partial charge in [0, 0.05) is 8.95 Å². The van der Waals surface area contributed by atoms with Crippen LogP contribution in [0.5, 0.6) is 0 Å². The van der Waals surface area contributed by atoms with Gasteiger partial charge in [-0.25, -0.2) is 8.42 Å². The molecule has 2 nitrogen and oxygen atoms in total. The predicted molar refractivity (Wildman–Crippen MR) is 125 cm³/mol. The van der Waals surface area contributed by atoms with Gasteiger partial charge in [0.1, 0.15) is 0 Å². The first-order valence-corrected chi connectivity index (χ1v) is 12.0. The van der Waals surface area contributed by atoms with Crippen molar-refractivity contribution in [2.75, 3.05) is 0 Å². The maximum Gasteiger partial charge on any atom is 0.206 e. The van der Waals surface area contributed by atoms with Gasteiger partial charge in [-0.3, -0.25) is 0 Å². The fourth-order valence-electron chi connectivity index (χ4n) is 3.07. The van der Waals surface area contributed by atoms with E-state index in [9.17, 15) is 8.42 Å². The molecular weight excluding hydrogens is 512 g/mol. The highest BCUT2D eigenvalue weighted by Crippen LogP contribution is 2.28. The molecule has 4 rings (SSSR count). The second-order valence-electron chi connectivity index (χ2n) is 6.57. The van der Waals surface area contributed by atoms with Crippen LogP contribution in [0.15, 0.2) is 116 Å². The van der Waals surface area contributed by atoms with Gasteiger partial charge in [-0.05, 0) is 70.8 Å². The normalized spacial score (nSPS) is 11.4. The van der Waals surface area contributed by atoms with Crippen LogP contribution in [0, 0.1) is 0 Å². The lowest BCUT2D eigenvalue weighted by molar-refractivity contribution is 0.596. The summed E-state index contributed by atoms with van der Waals surface area (Å²) in [5.74, 6) is 0. The van der Waals surface area contributed by atoms with E-state index < -0.39 is 9.84 Å². The molecule has 0 spiro atoms. The van der Waals surface area contributed by atoms with Crippen molar-refractivity contribution in [2.24, 2.45) is 0 Å². The second-order valence-corrected chi connectivity index (χ2v) is 10.3. The maximum atomic E-state index is 13.0. The summed E-state index contributed by atoms with van der Waals surface area (Å²) < 4.78 is 28.0. The van der Waals surface area contributed by atoms with Crippen LogP contribution in [0.4, 0.5) is 0 Å². The molecule has 0 atom stereocenters. The molecule has 0 saturated carbocycles. The van der Waals surface area contributed by atoms with Gasteiger partial charge >= 0.3 is 0 Å². The lowest BCUT2D eigenvalue weighted by Gasteiger charge is -2.08. The smallest absolute Gasteiger partial charge is 0.206 e. The van der Waals surface area contributed by atoms with E-state index in [2.05, 4.69) is 31.9 Å². The van der Waals surface area contributed by atoms with Crippen molar-refractivity contribution in [1.29, 1.82) is 0 Å². The van der Waals surface area contributed by atoms with Gasteiger partial charge in [-0.2, -0.15) is 0 Å². The minimum absolute atomic E-state index is 0.287. The molecule has 0 saturated heterocycles. The molecule has 0 aliphatic heterocycles. The highest BCUT2D eigenvalue weighted by molar-refractivity contribution is 9.10. The van der Waals surface area contributed by atoms with E-state index in [0.29, 0.717) is 0 Å². The molecule has 0 N–H and O–H groups in total. The molecule has 0 fully saturated rings. The molecule has 0 amide bonds. The number of benzene rings is 4. The summed E-state index contributed by atoms with van der Waals surface area (Å²) in [6.07, 6.45) is 0. The summed E-state index contributed by atoms with van der Waals surface area (Å²) >= 11 is 6.85. The van der Waals surface area contributed by atoms with E-state index in [1.165, 1.54) is 0 Å². The van der Waals surface area contributed by atoms with E-state index in [-0.39, 0.29) is 9.79 Å². The van der Waals surface area contributed by atoms with Gasteiger partial charge < -0.3 is 0 Å². The Bertz CT molecular complexity index is 1130. The van der Waals surface area contributed by atoms with Crippen LogP contribution in [-0.4, -0.2) is 8.42 Å². The van der Waals surface area contributed by atoms with Gasteiger partial charge in [-0.1, -0.05) is 80.4 Å². The first-order valence-electron chi connectivity index (χ1n) is 8.91. The van der Waals surface area contributed by atoms with Crippen LogP contribution < -0.4 is 0 Å². The molecule has 0 heterocycles. The zero-order chi connectivity index (χ0) is 20.4. The Labute approximate surface area is 187 Å². The van der Waals surface area contributed by atoms with Gasteiger partial charge in [0.25, 0.3) is 0 Å². The zero-order valence-electron chi connectivity index (χ0n) is 15.2. The van der Waals surface area contributed by atoms with Gasteiger partial charge in [0.15, 0.2) is 0 Å². The molecule has 4 aromatic rings. The van der Waals surface area contributed by atoms with E-state index in [0.717, 1.165) is 31.2 Å². The Morgan fingerprint density at radius 2 is 0.655 bits per heavy atom. The number of halogens is 2. The average molecular weight is 528 g/mol. The third-order valence-electron chi connectivity index (χ3n) is 4.68. The van der Waals surface area contributed by atoms with Crippen LogP contribution in [0.3, 0.4) is 0 Å². The van der Waals surface area contributed by atoms with Crippen LogP contribution in [0.25, 0.3) is 22.3 Å². The summed E-state index contributed by atoms with van der Waals surface area (Å²) in [5, 5.41) is 0. The lowest BCUT2D eigenvalue weighted by Crippen LogP contribution is -2.01. The fraction of sp³-hybridized carbons (Fsp3) is 0. The van der Waals surface area contributed by atoms with Crippen LogP contribution in [-0.2, 0) is 9.84 Å². The molecule has 0 aliphatic rings. The van der Waals surface area contributed by atoms with Crippen molar-refractivity contribution < 1.29 is 8.42 Å². The number of hydrogen-bond donors (Lipinski definition) is 0. The van der Waals surface area contributed by atoms with Crippen molar-refractivity contribution in [1.82, 2.24) is 0 Å². The fourth-order valence-corrected chi connectivity index (χ4v) is 4.86. The molecule has 29 heavy (non-hydrogen) atoms. The van der Waals surface area contributed by atoms with Crippen LogP contribution in [0.1, 0.15) is 0 Å². The summed E-state index contributed by atoms with van der Waals surface area (Å²) in [5.41, 5.74) is 4.02. The minimum atomic E-state index is -3.57. The Hall–Kier alpha value is -2.21. The van der Waals surface area contributed by atoms with Crippen molar-refractivity contribution in [3.8, 4) is 22.3 Å². The van der Waals surface area contributed by atoms with Crippen molar-refractivity contribution >= 4 is 41.7 Å². The highest BCUT2D eigenvalue weighted by atomic mass is 79.9. The first kappa shape index (κ1) is 20.1. The molecule has 0 aromatic heterocycles. The van der Waals surface area contributed by atoms with Crippen molar-refractivity contribution in [2.45, 2.75) is 9.79 Å². The molecule has 0 radical (unpaired) electrons. The molecule has 144 valence electrons. The van der Waals surface area contributed by atoms with Gasteiger partial charge in [-0.15, -0.1) is 0 Å². The van der Waals surface area contributed by atoms with Crippen molar-refractivity contribution in [3.63, 3.8) is 0 Å². The number of sulfone groups is 1. The Morgan fingerprint density at radius 3 is 0.931 bits per heavy atom. The molecule has 0 aliphatic carbocycles. The van der Waals surface area contributed by atoms with E-state index >= 15 is 0 Å². The van der Waals surface area contributed by atoms with Crippen LogP contribution >= 0.6 is 31.9 Å². The molecule has 4 aromatic carbocycles. The monoisotopic (exact) mass is 526 g/mol. The molecular formula is C24H16Br2O2S. The molecule has 0 bridgehead atoms. The van der Waals surface area contributed by atoms with Gasteiger partial charge in [0.2, 0.25) is 9.84 Å². The first-order chi connectivity index (χ1) is 13.9. The Balaban J connectivity index is 1.61. The number of hydrogen-bond acceptors (Lipinski definition) is 2.